The number of carboxylic acids is 1. The molecule has 0 saturated carbocycles. The van der Waals surface area contributed by atoms with Crippen molar-refractivity contribution in [3.63, 3.8) is 0 Å². The van der Waals surface area contributed by atoms with Crippen molar-refractivity contribution < 1.29 is 9.90 Å². The summed E-state index contributed by atoms with van der Waals surface area (Å²) in [6.45, 7) is 3.87. The number of aliphatic carboxylic acids is 1. The molecule has 104 valence electrons. The first-order valence-corrected chi connectivity index (χ1v) is 6.72. The lowest BCUT2D eigenvalue weighted by Crippen LogP contribution is -2.43. The maximum Gasteiger partial charge on any atom is 0.334 e. The van der Waals surface area contributed by atoms with Gasteiger partial charge in [0.05, 0.1) is 0 Å². The number of para-hydroxylation sites is 1. The Hall–Kier alpha value is -2.29. The summed E-state index contributed by atoms with van der Waals surface area (Å²) in [7, 11) is 0. The second-order valence-electron chi connectivity index (χ2n) is 4.92. The summed E-state index contributed by atoms with van der Waals surface area (Å²) in [4.78, 5) is 11.9. The zero-order valence-electron chi connectivity index (χ0n) is 11.8. The first-order chi connectivity index (χ1) is 9.58. The standard InChI is InChI=1S/C17H19NO2/c1-3-17(16(19)20,14-11-9-13(2)10-12-14)18-15-7-5-4-6-8-15/h4-12,18H,3H2,1-2H3,(H,19,20). The van der Waals surface area contributed by atoms with Crippen molar-refractivity contribution >= 4 is 11.7 Å². The van der Waals surface area contributed by atoms with Crippen LogP contribution in [0.4, 0.5) is 5.69 Å². The van der Waals surface area contributed by atoms with E-state index in [9.17, 15) is 9.90 Å². The lowest BCUT2D eigenvalue weighted by molar-refractivity contribution is -0.142. The fourth-order valence-electron chi connectivity index (χ4n) is 2.30. The first-order valence-electron chi connectivity index (χ1n) is 6.72. The maximum absolute atomic E-state index is 11.9. The molecule has 0 heterocycles. The molecule has 2 rings (SSSR count). The fourth-order valence-corrected chi connectivity index (χ4v) is 2.30. The molecule has 0 fully saturated rings. The van der Waals surface area contributed by atoms with Crippen molar-refractivity contribution in [2.75, 3.05) is 5.32 Å². The van der Waals surface area contributed by atoms with Crippen LogP contribution in [0.3, 0.4) is 0 Å². The van der Waals surface area contributed by atoms with Crippen LogP contribution in [-0.2, 0) is 10.3 Å². The van der Waals surface area contributed by atoms with Crippen LogP contribution >= 0.6 is 0 Å². The zero-order valence-corrected chi connectivity index (χ0v) is 11.8. The highest BCUT2D eigenvalue weighted by molar-refractivity contribution is 5.84. The Morgan fingerprint density at radius 2 is 1.70 bits per heavy atom. The smallest absolute Gasteiger partial charge is 0.334 e. The van der Waals surface area contributed by atoms with Crippen LogP contribution in [0.5, 0.6) is 0 Å². The molecule has 0 aromatic heterocycles. The quantitative estimate of drug-likeness (QED) is 0.868. The first kappa shape index (κ1) is 14.1. The van der Waals surface area contributed by atoms with E-state index in [-0.39, 0.29) is 0 Å². The number of hydrogen-bond donors (Lipinski definition) is 2. The molecule has 1 atom stereocenters. The van der Waals surface area contributed by atoms with Crippen molar-refractivity contribution in [1.82, 2.24) is 0 Å². The Kier molecular flexibility index (Phi) is 4.08. The second-order valence-corrected chi connectivity index (χ2v) is 4.92. The number of carboxylic acid groups (broad SMARTS) is 1. The summed E-state index contributed by atoms with van der Waals surface area (Å²) in [5.74, 6) is -0.868. The van der Waals surface area contributed by atoms with E-state index in [0.29, 0.717) is 6.42 Å². The third kappa shape index (κ3) is 2.67. The molecule has 0 aliphatic heterocycles. The number of anilines is 1. The van der Waals surface area contributed by atoms with Crippen molar-refractivity contribution in [3.05, 3.63) is 65.7 Å². The van der Waals surface area contributed by atoms with Gasteiger partial charge in [0.2, 0.25) is 0 Å². The maximum atomic E-state index is 11.9. The monoisotopic (exact) mass is 269 g/mol. The van der Waals surface area contributed by atoms with Crippen LogP contribution in [0.25, 0.3) is 0 Å². The number of rotatable bonds is 5. The van der Waals surface area contributed by atoms with Gasteiger partial charge in [-0.25, -0.2) is 4.79 Å². The van der Waals surface area contributed by atoms with Gasteiger partial charge in [0.1, 0.15) is 0 Å². The molecule has 0 radical (unpaired) electrons. The molecule has 2 aromatic rings. The predicted molar refractivity (Wildman–Crippen MR) is 80.8 cm³/mol. The van der Waals surface area contributed by atoms with Gasteiger partial charge in [-0.1, -0.05) is 55.0 Å². The Labute approximate surface area is 119 Å². The van der Waals surface area contributed by atoms with E-state index < -0.39 is 11.5 Å². The van der Waals surface area contributed by atoms with Gasteiger partial charge in [-0.05, 0) is 31.0 Å². The van der Waals surface area contributed by atoms with Gasteiger partial charge in [0.15, 0.2) is 5.54 Å². The highest BCUT2D eigenvalue weighted by Gasteiger charge is 2.38. The number of nitrogens with one attached hydrogen (secondary N) is 1. The molecule has 0 aliphatic rings. The fraction of sp³-hybridized carbons (Fsp3) is 0.235. The second kappa shape index (κ2) is 5.78. The summed E-state index contributed by atoms with van der Waals surface area (Å²) in [6.07, 6.45) is 0.459. The minimum absolute atomic E-state index is 0.459. The molecule has 3 nitrogen and oxygen atoms in total. The van der Waals surface area contributed by atoms with E-state index in [1.165, 1.54) is 0 Å². The summed E-state index contributed by atoms with van der Waals surface area (Å²) in [6, 6.07) is 17.1. The zero-order chi connectivity index (χ0) is 14.6. The van der Waals surface area contributed by atoms with Crippen LogP contribution in [0.2, 0.25) is 0 Å². The normalized spacial score (nSPS) is 13.5. The minimum atomic E-state index is -1.10. The number of aryl methyl sites for hydroxylation is 1. The SMILES string of the molecule is CCC(Nc1ccccc1)(C(=O)O)c1ccc(C)cc1. The Morgan fingerprint density at radius 1 is 1.10 bits per heavy atom. The van der Waals surface area contributed by atoms with Gasteiger partial charge in [0, 0.05) is 5.69 Å². The average Bonchev–Trinajstić information content (AvgIpc) is 2.46. The largest absolute Gasteiger partial charge is 0.479 e. The summed E-state index contributed by atoms with van der Waals surface area (Å²) < 4.78 is 0. The van der Waals surface area contributed by atoms with E-state index in [4.69, 9.17) is 0 Å². The Balaban J connectivity index is 2.45. The lowest BCUT2D eigenvalue weighted by Gasteiger charge is -2.31. The van der Waals surface area contributed by atoms with Gasteiger partial charge in [-0.3, -0.25) is 0 Å². The van der Waals surface area contributed by atoms with E-state index >= 15 is 0 Å². The Bertz CT molecular complexity index is 578. The van der Waals surface area contributed by atoms with Crippen molar-refractivity contribution in [2.45, 2.75) is 25.8 Å². The van der Waals surface area contributed by atoms with Gasteiger partial charge in [-0.2, -0.15) is 0 Å². The predicted octanol–water partition coefficient (Wildman–Crippen LogP) is 3.80. The topological polar surface area (TPSA) is 49.3 Å². The van der Waals surface area contributed by atoms with E-state index in [0.717, 1.165) is 16.8 Å². The van der Waals surface area contributed by atoms with E-state index in [1.807, 2.05) is 68.4 Å². The van der Waals surface area contributed by atoms with Gasteiger partial charge < -0.3 is 10.4 Å². The number of carbonyl (C=O) groups is 1. The molecule has 3 heteroatoms. The molecule has 2 aromatic carbocycles. The average molecular weight is 269 g/mol. The van der Waals surface area contributed by atoms with Crippen molar-refractivity contribution in [3.8, 4) is 0 Å². The molecule has 0 amide bonds. The molecule has 20 heavy (non-hydrogen) atoms. The van der Waals surface area contributed by atoms with Crippen LogP contribution in [0.15, 0.2) is 54.6 Å². The van der Waals surface area contributed by atoms with Gasteiger partial charge >= 0.3 is 5.97 Å². The Morgan fingerprint density at radius 3 is 2.20 bits per heavy atom. The number of hydrogen-bond acceptors (Lipinski definition) is 2. The highest BCUT2D eigenvalue weighted by Crippen LogP contribution is 2.30. The molecule has 0 saturated heterocycles. The lowest BCUT2D eigenvalue weighted by atomic mass is 9.86. The molecular formula is C17H19NO2. The van der Waals surface area contributed by atoms with Crippen LogP contribution in [-0.4, -0.2) is 11.1 Å². The van der Waals surface area contributed by atoms with E-state index in [2.05, 4.69) is 5.32 Å². The van der Waals surface area contributed by atoms with Crippen molar-refractivity contribution in [2.24, 2.45) is 0 Å². The van der Waals surface area contributed by atoms with Crippen LogP contribution in [0, 0.1) is 6.92 Å². The highest BCUT2D eigenvalue weighted by atomic mass is 16.4. The molecule has 0 bridgehead atoms. The summed E-state index contributed by atoms with van der Waals surface area (Å²) >= 11 is 0. The van der Waals surface area contributed by atoms with Crippen LogP contribution in [0.1, 0.15) is 24.5 Å². The molecule has 2 N–H and O–H groups in total. The number of benzene rings is 2. The molecule has 0 spiro atoms. The minimum Gasteiger partial charge on any atom is -0.479 e. The van der Waals surface area contributed by atoms with Gasteiger partial charge in [-0.15, -0.1) is 0 Å². The summed E-state index contributed by atoms with van der Waals surface area (Å²) in [5, 5.41) is 12.9. The summed E-state index contributed by atoms with van der Waals surface area (Å²) in [5.41, 5.74) is 1.58. The van der Waals surface area contributed by atoms with Gasteiger partial charge in [0.25, 0.3) is 0 Å². The van der Waals surface area contributed by atoms with Crippen LogP contribution < -0.4 is 5.32 Å². The van der Waals surface area contributed by atoms with Crippen molar-refractivity contribution in [1.29, 1.82) is 0 Å². The molecule has 0 aliphatic carbocycles. The third-order valence-corrected chi connectivity index (χ3v) is 3.57. The molecule has 1 unspecified atom stereocenters. The molecular weight excluding hydrogens is 250 g/mol. The third-order valence-electron chi connectivity index (χ3n) is 3.57. The van der Waals surface area contributed by atoms with E-state index in [1.54, 1.807) is 0 Å².